The fourth-order valence-electron chi connectivity index (χ4n) is 0.353. The van der Waals surface area contributed by atoms with E-state index in [0.29, 0.717) is 6.42 Å². The maximum atomic E-state index is 9.70. The lowest BCUT2D eigenvalue weighted by atomic mass is 10.2. The van der Waals surface area contributed by atoms with E-state index in [1.807, 2.05) is 33.0 Å². The third-order valence-electron chi connectivity index (χ3n) is 1.92. The van der Waals surface area contributed by atoms with Crippen molar-refractivity contribution in [3.63, 3.8) is 0 Å². The number of hydrogen-bond acceptors (Lipinski definition) is 5. The van der Waals surface area contributed by atoms with E-state index in [9.17, 15) is 9.59 Å². The Morgan fingerprint density at radius 1 is 0.913 bits per heavy atom. The number of aliphatic hydroxyl groups excluding tert-OH is 2. The van der Waals surface area contributed by atoms with Gasteiger partial charge in [-0.15, -0.1) is 0 Å². The molecule has 0 aromatic heterocycles. The summed E-state index contributed by atoms with van der Waals surface area (Å²) in [5, 5.41) is 32.9. The molecule has 7 nitrogen and oxygen atoms in total. The number of rotatable bonds is 5. The molecule has 0 amide bonds. The van der Waals surface area contributed by atoms with Crippen LogP contribution in [0.2, 0.25) is 0 Å². The van der Waals surface area contributed by atoms with Crippen molar-refractivity contribution in [2.45, 2.75) is 53.6 Å². The second-order valence-corrected chi connectivity index (χ2v) is 5.90. The zero-order valence-electron chi connectivity index (χ0n) is 15.9. The molecule has 0 aromatic rings. The average molecular weight is 339 g/mol. The third-order valence-corrected chi connectivity index (χ3v) is 1.92. The molecule has 0 rings (SSSR count). The van der Waals surface area contributed by atoms with Crippen LogP contribution in [-0.2, 0) is 9.59 Å². The van der Waals surface area contributed by atoms with Crippen LogP contribution < -0.4 is 0 Å². The van der Waals surface area contributed by atoms with E-state index in [1.165, 1.54) is 0 Å². The Hall–Kier alpha value is -1.18. The number of carbonyl (C=O) groups is 2. The summed E-state index contributed by atoms with van der Waals surface area (Å²) in [5.74, 6) is -1.94. The van der Waals surface area contributed by atoms with Gasteiger partial charge in [0.05, 0.1) is 17.9 Å². The Kier molecular flexibility index (Phi) is 27.0. The molecule has 0 bridgehead atoms. The number of hydrogen-bond donors (Lipinski definition) is 4. The molecule has 0 heterocycles. The second-order valence-electron chi connectivity index (χ2n) is 5.90. The van der Waals surface area contributed by atoms with Gasteiger partial charge in [0.15, 0.2) is 0 Å². The van der Waals surface area contributed by atoms with Gasteiger partial charge in [0.1, 0.15) is 0 Å². The fraction of sp³-hybridized carbons (Fsp3) is 0.875. The lowest BCUT2D eigenvalue weighted by Crippen LogP contribution is -2.05. The molecular formula is C16H37NO6. The molecule has 0 aromatic carbocycles. The molecule has 0 spiro atoms. The highest BCUT2D eigenvalue weighted by Crippen LogP contribution is 1.92. The van der Waals surface area contributed by atoms with E-state index in [-0.39, 0.29) is 24.5 Å². The number of carboxylic acids is 2. The largest absolute Gasteiger partial charge is 0.481 e. The Bertz CT molecular complexity index is 247. The van der Waals surface area contributed by atoms with E-state index in [1.54, 1.807) is 27.7 Å². The monoisotopic (exact) mass is 339 g/mol. The van der Waals surface area contributed by atoms with Gasteiger partial charge in [-0.1, -0.05) is 34.6 Å². The van der Waals surface area contributed by atoms with E-state index in [4.69, 9.17) is 20.4 Å². The summed E-state index contributed by atoms with van der Waals surface area (Å²) in [6.07, 6.45) is 0.946. The highest BCUT2D eigenvalue weighted by atomic mass is 16.4. The smallest absolute Gasteiger partial charge is 0.305 e. The van der Waals surface area contributed by atoms with Crippen molar-refractivity contribution in [2.75, 3.05) is 27.7 Å². The molecule has 0 aliphatic rings. The maximum absolute atomic E-state index is 9.70. The first-order chi connectivity index (χ1) is 10.3. The van der Waals surface area contributed by atoms with Crippen LogP contribution in [0.15, 0.2) is 0 Å². The van der Waals surface area contributed by atoms with E-state index < -0.39 is 11.9 Å². The Morgan fingerprint density at radius 2 is 1.13 bits per heavy atom. The van der Waals surface area contributed by atoms with Crippen LogP contribution in [-0.4, -0.2) is 71.1 Å². The summed E-state index contributed by atoms with van der Waals surface area (Å²) < 4.78 is 0. The third kappa shape index (κ3) is 52.8. The second kappa shape index (κ2) is 20.8. The van der Waals surface area contributed by atoms with Gasteiger partial charge in [0, 0.05) is 6.61 Å². The Balaban J connectivity index is -0.000000107. The zero-order chi connectivity index (χ0) is 19.6. The quantitative estimate of drug-likeness (QED) is 0.603. The topological polar surface area (TPSA) is 118 Å². The molecule has 23 heavy (non-hydrogen) atoms. The molecule has 7 heteroatoms. The van der Waals surface area contributed by atoms with Gasteiger partial charge < -0.3 is 25.3 Å². The van der Waals surface area contributed by atoms with Crippen LogP contribution in [0, 0.1) is 11.8 Å². The van der Waals surface area contributed by atoms with Crippen LogP contribution >= 0.6 is 0 Å². The molecule has 4 N–H and O–H groups in total. The van der Waals surface area contributed by atoms with Crippen molar-refractivity contribution in [3.8, 4) is 0 Å². The minimum atomic E-state index is -0.741. The predicted molar refractivity (Wildman–Crippen MR) is 92.6 cm³/mol. The number of aliphatic hydroxyl groups is 2. The zero-order valence-corrected chi connectivity index (χ0v) is 15.9. The normalized spacial score (nSPS) is 10.7. The summed E-state index contributed by atoms with van der Waals surface area (Å²) in [6.45, 7) is 8.55. The SMILES string of the molecule is CC(C)C(=O)O.CC(C)C(=O)O.CCC(O)CCO.CN(C)C. The van der Waals surface area contributed by atoms with E-state index in [0.717, 1.165) is 6.42 Å². The minimum Gasteiger partial charge on any atom is -0.481 e. The first kappa shape index (κ1) is 29.8. The fourth-order valence-corrected chi connectivity index (χ4v) is 0.353. The number of nitrogens with zero attached hydrogens (tertiary/aromatic N) is 1. The highest BCUT2D eigenvalue weighted by Gasteiger charge is 1.99. The van der Waals surface area contributed by atoms with Crippen LogP contribution in [0.3, 0.4) is 0 Å². The molecule has 0 saturated heterocycles. The first-order valence-corrected chi connectivity index (χ1v) is 7.68. The van der Waals surface area contributed by atoms with Crippen LogP contribution in [0.25, 0.3) is 0 Å². The van der Waals surface area contributed by atoms with Gasteiger partial charge in [-0.25, -0.2) is 0 Å². The van der Waals surface area contributed by atoms with Crippen molar-refractivity contribution < 1.29 is 30.0 Å². The van der Waals surface area contributed by atoms with Crippen molar-refractivity contribution in [3.05, 3.63) is 0 Å². The van der Waals surface area contributed by atoms with Crippen molar-refractivity contribution >= 4 is 11.9 Å². The summed E-state index contributed by atoms with van der Waals surface area (Å²) in [6, 6.07) is 0. The van der Waals surface area contributed by atoms with Crippen LogP contribution in [0.1, 0.15) is 47.5 Å². The molecule has 0 aliphatic carbocycles. The van der Waals surface area contributed by atoms with Crippen molar-refractivity contribution in [1.82, 2.24) is 4.90 Å². The predicted octanol–water partition coefficient (Wildman–Crippen LogP) is 1.77. The maximum Gasteiger partial charge on any atom is 0.305 e. The van der Waals surface area contributed by atoms with Gasteiger partial charge in [-0.2, -0.15) is 0 Å². The van der Waals surface area contributed by atoms with Crippen LogP contribution in [0.4, 0.5) is 0 Å². The molecule has 0 aliphatic heterocycles. The first-order valence-electron chi connectivity index (χ1n) is 7.68. The molecule has 1 atom stereocenters. The van der Waals surface area contributed by atoms with Crippen molar-refractivity contribution in [1.29, 1.82) is 0 Å². The molecule has 0 fully saturated rings. The van der Waals surface area contributed by atoms with Gasteiger partial charge >= 0.3 is 11.9 Å². The van der Waals surface area contributed by atoms with Gasteiger partial charge in [-0.05, 0) is 34.0 Å². The van der Waals surface area contributed by atoms with Gasteiger partial charge in [-0.3, -0.25) is 9.59 Å². The standard InChI is InChI=1S/C5H12O2.2C4H8O2.C3H9N/c1-2-5(7)3-4-6;2*1-3(2)4(5)6;1-4(2)3/h5-7H,2-4H2,1H3;2*3H,1-2H3,(H,5,6);1-3H3. The number of aliphatic carboxylic acids is 2. The molecule has 0 radical (unpaired) electrons. The van der Waals surface area contributed by atoms with Gasteiger partial charge in [0.2, 0.25) is 0 Å². The minimum absolute atomic E-state index is 0.0923. The summed E-state index contributed by atoms with van der Waals surface area (Å²) in [5.41, 5.74) is 0. The van der Waals surface area contributed by atoms with Crippen LogP contribution in [0.5, 0.6) is 0 Å². The molecule has 0 saturated carbocycles. The summed E-state index contributed by atoms with van der Waals surface area (Å²) in [7, 11) is 6.00. The Morgan fingerprint density at radius 3 is 1.17 bits per heavy atom. The Labute approximate surface area is 140 Å². The highest BCUT2D eigenvalue weighted by molar-refractivity contribution is 5.69. The number of carboxylic acid groups (broad SMARTS) is 2. The average Bonchev–Trinajstić information content (AvgIpc) is 2.39. The van der Waals surface area contributed by atoms with Gasteiger partial charge in [0.25, 0.3) is 0 Å². The van der Waals surface area contributed by atoms with E-state index >= 15 is 0 Å². The van der Waals surface area contributed by atoms with Crippen molar-refractivity contribution in [2.24, 2.45) is 11.8 Å². The molecular weight excluding hydrogens is 302 g/mol. The molecule has 142 valence electrons. The lowest BCUT2D eigenvalue weighted by Gasteiger charge is -2.01. The lowest BCUT2D eigenvalue weighted by molar-refractivity contribution is -0.141. The summed E-state index contributed by atoms with van der Waals surface area (Å²) in [4.78, 5) is 21.4. The molecule has 1 unspecified atom stereocenters. The summed E-state index contributed by atoms with van der Waals surface area (Å²) >= 11 is 0. The van der Waals surface area contributed by atoms with E-state index in [2.05, 4.69) is 0 Å².